The van der Waals surface area contributed by atoms with Gasteiger partial charge in [0.25, 0.3) is 5.91 Å². The lowest BCUT2D eigenvalue weighted by Gasteiger charge is -2.18. The van der Waals surface area contributed by atoms with Crippen molar-refractivity contribution in [2.24, 2.45) is 0 Å². The number of carbonyl (C=O) groups excluding carboxylic acids is 1. The van der Waals surface area contributed by atoms with Crippen molar-refractivity contribution in [1.29, 1.82) is 0 Å². The third kappa shape index (κ3) is 2.97. The second-order valence-corrected chi connectivity index (χ2v) is 5.69. The first-order valence-electron chi connectivity index (χ1n) is 6.38. The molecule has 3 rings (SSSR count). The fourth-order valence-electron chi connectivity index (χ4n) is 2.06. The van der Waals surface area contributed by atoms with E-state index in [1.807, 2.05) is 25.1 Å². The number of carbonyl (C=O) groups is 1. The Kier molecular flexibility index (Phi) is 3.66. The van der Waals surface area contributed by atoms with E-state index in [1.54, 1.807) is 11.3 Å². The van der Waals surface area contributed by atoms with Crippen LogP contribution in [-0.4, -0.2) is 17.5 Å². The van der Waals surface area contributed by atoms with E-state index in [-0.39, 0.29) is 12.5 Å². The topological polar surface area (TPSA) is 63.2 Å². The maximum Gasteiger partial charge on any atom is 0.262 e. The summed E-state index contributed by atoms with van der Waals surface area (Å²) in [4.78, 5) is 15.7. The maximum absolute atomic E-state index is 11.3. The van der Waals surface area contributed by atoms with Crippen molar-refractivity contribution in [2.75, 3.05) is 11.9 Å². The van der Waals surface area contributed by atoms with Crippen LogP contribution in [0, 0.1) is 6.92 Å². The molecule has 104 valence electrons. The average Bonchev–Trinajstić information content (AvgIpc) is 2.84. The molecule has 1 aliphatic rings. The number of fused-ring (bicyclic) bond motifs is 1. The molecule has 1 amide bonds. The quantitative estimate of drug-likeness (QED) is 0.904. The van der Waals surface area contributed by atoms with Gasteiger partial charge >= 0.3 is 0 Å². The van der Waals surface area contributed by atoms with Crippen LogP contribution in [-0.2, 0) is 17.9 Å². The highest BCUT2D eigenvalue weighted by molar-refractivity contribution is 7.09. The van der Waals surface area contributed by atoms with Gasteiger partial charge in [-0.25, -0.2) is 4.98 Å². The third-order valence-corrected chi connectivity index (χ3v) is 3.80. The van der Waals surface area contributed by atoms with Gasteiger partial charge in [0.1, 0.15) is 5.75 Å². The Morgan fingerprint density at radius 2 is 2.35 bits per heavy atom. The number of benzene rings is 1. The van der Waals surface area contributed by atoms with E-state index >= 15 is 0 Å². The minimum absolute atomic E-state index is 0.0910. The molecule has 6 heteroatoms. The number of ether oxygens (including phenoxy) is 1. The summed E-state index contributed by atoms with van der Waals surface area (Å²) < 4.78 is 5.33. The number of hydrogen-bond acceptors (Lipinski definition) is 5. The van der Waals surface area contributed by atoms with Crippen LogP contribution in [0.4, 0.5) is 5.69 Å². The first-order chi connectivity index (χ1) is 9.70. The lowest BCUT2D eigenvalue weighted by atomic mass is 10.1. The van der Waals surface area contributed by atoms with Crippen LogP contribution < -0.4 is 15.4 Å². The van der Waals surface area contributed by atoms with E-state index in [0.29, 0.717) is 0 Å². The second kappa shape index (κ2) is 5.60. The Hall–Kier alpha value is -1.92. The number of amides is 1. The molecule has 20 heavy (non-hydrogen) atoms. The molecule has 0 radical (unpaired) electrons. The summed E-state index contributed by atoms with van der Waals surface area (Å²) in [5.41, 5.74) is 2.90. The van der Waals surface area contributed by atoms with Crippen molar-refractivity contribution in [3.63, 3.8) is 0 Å². The zero-order chi connectivity index (χ0) is 13.9. The Morgan fingerprint density at radius 1 is 1.45 bits per heavy atom. The molecule has 0 unspecified atom stereocenters. The van der Waals surface area contributed by atoms with Crippen LogP contribution in [0.25, 0.3) is 0 Å². The van der Waals surface area contributed by atoms with Crippen molar-refractivity contribution >= 4 is 22.9 Å². The Balaban J connectivity index is 1.60. The first-order valence-corrected chi connectivity index (χ1v) is 7.26. The summed E-state index contributed by atoms with van der Waals surface area (Å²) in [6.07, 6.45) is 0. The molecule has 0 spiro atoms. The van der Waals surface area contributed by atoms with Crippen molar-refractivity contribution in [3.05, 3.63) is 39.8 Å². The highest BCUT2D eigenvalue weighted by atomic mass is 32.1. The Bertz CT molecular complexity index is 639. The van der Waals surface area contributed by atoms with Gasteiger partial charge in [0, 0.05) is 18.5 Å². The number of aromatic nitrogens is 1. The molecule has 5 nitrogen and oxygen atoms in total. The minimum Gasteiger partial charge on any atom is -0.482 e. The third-order valence-electron chi connectivity index (χ3n) is 2.98. The zero-order valence-corrected chi connectivity index (χ0v) is 11.9. The first kappa shape index (κ1) is 13.1. The van der Waals surface area contributed by atoms with E-state index in [0.717, 1.165) is 40.8 Å². The molecule has 2 heterocycles. The fourth-order valence-corrected chi connectivity index (χ4v) is 2.68. The van der Waals surface area contributed by atoms with Gasteiger partial charge in [-0.1, -0.05) is 6.07 Å². The van der Waals surface area contributed by atoms with E-state index in [4.69, 9.17) is 4.74 Å². The lowest BCUT2D eigenvalue weighted by Crippen LogP contribution is -2.25. The predicted octanol–water partition coefficient (Wildman–Crippen LogP) is 2.07. The molecular formula is C14H15N3O2S. The molecular weight excluding hydrogens is 274 g/mol. The van der Waals surface area contributed by atoms with Gasteiger partial charge in [0.05, 0.1) is 16.4 Å². The summed E-state index contributed by atoms with van der Waals surface area (Å²) >= 11 is 1.65. The highest BCUT2D eigenvalue weighted by Gasteiger charge is 2.15. The molecule has 1 aliphatic heterocycles. The van der Waals surface area contributed by atoms with Crippen LogP contribution in [0.5, 0.6) is 5.75 Å². The number of rotatable bonds is 4. The van der Waals surface area contributed by atoms with Crippen LogP contribution >= 0.6 is 11.3 Å². The lowest BCUT2D eigenvalue weighted by molar-refractivity contribution is -0.118. The molecule has 1 aromatic carbocycles. The SMILES string of the molecule is Cc1nc(CNCc2ccc3c(c2)NC(=O)CO3)cs1. The van der Waals surface area contributed by atoms with Crippen LogP contribution in [0.3, 0.4) is 0 Å². The molecule has 0 saturated heterocycles. The number of thiazole rings is 1. The Morgan fingerprint density at radius 3 is 3.15 bits per heavy atom. The highest BCUT2D eigenvalue weighted by Crippen LogP contribution is 2.28. The summed E-state index contributed by atoms with van der Waals surface area (Å²) in [6.45, 7) is 3.55. The van der Waals surface area contributed by atoms with Gasteiger partial charge in [-0.3, -0.25) is 4.79 Å². The normalized spacial score (nSPS) is 13.6. The van der Waals surface area contributed by atoms with E-state index in [1.165, 1.54) is 0 Å². The largest absolute Gasteiger partial charge is 0.482 e. The van der Waals surface area contributed by atoms with Crippen molar-refractivity contribution in [1.82, 2.24) is 10.3 Å². The standard InChI is InChI=1S/C14H15N3O2S/c1-9-16-11(8-20-9)6-15-5-10-2-3-13-12(4-10)17-14(18)7-19-13/h2-4,8,15H,5-7H2,1H3,(H,17,18). The van der Waals surface area contributed by atoms with Crippen molar-refractivity contribution < 1.29 is 9.53 Å². The van der Waals surface area contributed by atoms with E-state index < -0.39 is 0 Å². The van der Waals surface area contributed by atoms with Gasteiger partial charge in [-0.05, 0) is 24.6 Å². The molecule has 2 aromatic rings. The van der Waals surface area contributed by atoms with Gasteiger partial charge in [-0.15, -0.1) is 11.3 Å². The smallest absolute Gasteiger partial charge is 0.262 e. The molecule has 2 N–H and O–H groups in total. The predicted molar refractivity (Wildman–Crippen MR) is 78.0 cm³/mol. The van der Waals surface area contributed by atoms with Gasteiger partial charge in [0.15, 0.2) is 6.61 Å². The summed E-state index contributed by atoms with van der Waals surface area (Å²) in [5.74, 6) is 0.615. The van der Waals surface area contributed by atoms with E-state index in [9.17, 15) is 4.79 Å². The molecule has 0 fully saturated rings. The van der Waals surface area contributed by atoms with Crippen molar-refractivity contribution in [2.45, 2.75) is 20.0 Å². The van der Waals surface area contributed by atoms with Gasteiger partial charge in [-0.2, -0.15) is 0 Å². The molecule has 0 bridgehead atoms. The summed E-state index contributed by atoms with van der Waals surface area (Å²) in [5, 5.41) is 9.29. The fraction of sp³-hybridized carbons (Fsp3) is 0.286. The van der Waals surface area contributed by atoms with Crippen LogP contribution in [0.1, 0.15) is 16.3 Å². The van der Waals surface area contributed by atoms with Crippen LogP contribution in [0.15, 0.2) is 23.6 Å². The van der Waals surface area contributed by atoms with Crippen molar-refractivity contribution in [3.8, 4) is 5.75 Å². The number of aryl methyl sites for hydroxylation is 1. The zero-order valence-electron chi connectivity index (χ0n) is 11.1. The molecule has 0 atom stereocenters. The minimum atomic E-state index is -0.111. The van der Waals surface area contributed by atoms with Crippen LogP contribution in [0.2, 0.25) is 0 Å². The summed E-state index contributed by atoms with van der Waals surface area (Å²) in [6, 6.07) is 5.82. The second-order valence-electron chi connectivity index (χ2n) is 4.63. The molecule has 0 aliphatic carbocycles. The molecule has 1 aromatic heterocycles. The van der Waals surface area contributed by atoms with Gasteiger partial charge in [0.2, 0.25) is 0 Å². The summed E-state index contributed by atoms with van der Waals surface area (Å²) in [7, 11) is 0. The number of anilines is 1. The maximum atomic E-state index is 11.3. The number of nitrogens with zero attached hydrogens (tertiary/aromatic N) is 1. The number of hydrogen-bond donors (Lipinski definition) is 2. The Labute approximate surface area is 121 Å². The molecule has 0 saturated carbocycles. The number of nitrogens with one attached hydrogen (secondary N) is 2. The van der Waals surface area contributed by atoms with Gasteiger partial charge < -0.3 is 15.4 Å². The average molecular weight is 289 g/mol. The van der Waals surface area contributed by atoms with E-state index in [2.05, 4.69) is 21.0 Å². The monoisotopic (exact) mass is 289 g/mol.